The molecular formula is C12H22N2O3. The number of amides is 1. The van der Waals surface area contributed by atoms with Crippen LogP contribution >= 0.6 is 0 Å². The van der Waals surface area contributed by atoms with Gasteiger partial charge in [-0.05, 0) is 13.8 Å². The zero-order valence-corrected chi connectivity index (χ0v) is 11.1. The van der Waals surface area contributed by atoms with Crippen molar-refractivity contribution in [1.82, 2.24) is 4.90 Å². The van der Waals surface area contributed by atoms with Crippen molar-refractivity contribution in [1.29, 1.82) is 0 Å². The Morgan fingerprint density at radius 3 is 2.76 bits per heavy atom. The van der Waals surface area contributed by atoms with Gasteiger partial charge in [-0.25, -0.2) is 0 Å². The average Bonchev–Trinajstić information content (AvgIpc) is 2.28. The van der Waals surface area contributed by atoms with Crippen LogP contribution in [0.3, 0.4) is 0 Å². The second-order valence-electron chi connectivity index (χ2n) is 5.22. The molecule has 0 radical (unpaired) electrons. The first-order valence-corrected chi connectivity index (χ1v) is 5.93. The van der Waals surface area contributed by atoms with Gasteiger partial charge in [0.05, 0.1) is 17.7 Å². The van der Waals surface area contributed by atoms with Gasteiger partial charge in [-0.2, -0.15) is 0 Å². The summed E-state index contributed by atoms with van der Waals surface area (Å²) in [5, 5.41) is 12.0. The molecule has 1 N–H and O–H groups in total. The first-order valence-electron chi connectivity index (χ1n) is 5.93. The number of methoxy groups -OCH3 is 1. The lowest BCUT2D eigenvalue weighted by atomic mass is 9.96. The normalized spacial score (nSPS) is 24.1. The average molecular weight is 242 g/mol. The monoisotopic (exact) mass is 242 g/mol. The molecule has 0 aromatic heterocycles. The van der Waals surface area contributed by atoms with Gasteiger partial charge in [-0.15, -0.1) is 0 Å². The highest BCUT2D eigenvalue weighted by Gasteiger charge is 2.29. The van der Waals surface area contributed by atoms with Crippen LogP contribution in [0.4, 0.5) is 0 Å². The quantitative estimate of drug-likeness (QED) is 0.602. The Bertz CT molecular complexity index is 313. The Hall–Kier alpha value is -1.10. The van der Waals surface area contributed by atoms with Gasteiger partial charge >= 0.3 is 0 Å². The van der Waals surface area contributed by atoms with E-state index < -0.39 is 5.60 Å². The standard InChI is InChI=1S/C12H22N2O3/c1-9-8-14(6-5-10(9)13-16)11(15)7-12(2,3)17-4/h9,16H,5-8H2,1-4H3. The molecule has 1 unspecified atom stereocenters. The molecule has 17 heavy (non-hydrogen) atoms. The summed E-state index contributed by atoms with van der Waals surface area (Å²) in [5.74, 6) is 0.226. The molecule has 0 saturated carbocycles. The molecule has 1 amide bonds. The summed E-state index contributed by atoms with van der Waals surface area (Å²) in [7, 11) is 1.61. The molecule has 98 valence electrons. The largest absolute Gasteiger partial charge is 0.411 e. The van der Waals surface area contributed by atoms with Gasteiger partial charge < -0.3 is 14.8 Å². The molecule has 5 heteroatoms. The summed E-state index contributed by atoms with van der Waals surface area (Å²) < 4.78 is 5.26. The maximum atomic E-state index is 12.1. The summed E-state index contributed by atoms with van der Waals surface area (Å²) in [6, 6.07) is 0. The molecule has 0 aliphatic carbocycles. The van der Waals surface area contributed by atoms with E-state index in [1.165, 1.54) is 0 Å². The number of hydrogen-bond acceptors (Lipinski definition) is 4. The fourth-order valence-electron chi connectivity index (χ4n) is 1.95. The molecule has 1 rings (SSSR count). The Morgan fingerprint density at radius 2 is 2.29 bits per heavy atom. The summed E-state index contributed by atoms with van der Waals surface area (Å²) >= 11 is 0. The first kappa shape index (κ1) is 14.0. The molecule has 1 heterocycles. The van der Waals surface area contributed by atoms with Gasteiger partial charge in [-0.1, -0.05) is 12.1 Å². The Balaban J connectivity index is 2.56. The third-order valence-corrected chi connectivity index (χ3v) is 3.31. The minimum Gasteiger partial charge on any atom is -0.411 e. The van der Waals surface area contributed by atoms with Crippen molar-refractivity contribution in [3.8, 4) is 0 Å². The zero-order valence-electron chi connectivity index (χ0n) is 11.1. The predicted molar refractivity (Wildman–Crippen MR) is 65.3 cm³/mol. The summed E-state index contributed by atoms with van der Waals surface area (Å²) in [5.41, 5.74) is 0.353. The van der Waals surface area contributed by atoms with Gasteiger partial charge in [-0.3, -0.25) is 4.79 Å². The van der Waals surface area contributed by atoms with E-state index >= 15 is 0 Å². The second-order valence-corrected chi connectivity index (χ2v) is 5.22. The number of oxime groups is 1. The van der Waals surface area contributed by atoms with Crippen LogP contribution in [0.25, 0.3) is 0 Å². The maximum Gasteiger partial charge on any atom is 0.225 e. The highest BCUT2D eigenvalue weighted by Crippen LogP contribution is 2.19. The van der Waals surface area contributed by atoms with Crippen molar-refractivity contribution in [2.75, 3.05) is 20.2 Å². The van der Waals surface area contributed by atoms with Crippen molar-refractivity contribution in [2.45, 2.75) is 39.2 Å². The van der Waals surface area contributed by atoms with Crippen molar-refractivity contribution in [2.24, 2.45) is 11.1 Å². The van der Waals surface area contributed by atoms with Crippen molar-refractivity contribution < 1.29 is 14.7 Å². The first-order chi connectivity index (χ1) is 7.89. The van der Waals surface area contributed by atoms with Crippen LogP contribution in [0.1, 0.15) is 33.6 Å². The van der Waals surface area contributed by atoms with Gasteiger partial charge in [0.2, 0.25) is 5.91 Å². The van der Waals surface area contributed by atoms with Crippen LogP contribution in [0, 0.1) is 5.92 Å². The van der Waals surface area contributed by atoms with E-state index in [2.05, 4.69) is 5.16 Å². The number of piperidine rings is 1. The fourth-order valence-corrected chi connectivity index (χ4v) is 1.95. The van der Waals surface area contributed by atoms with Crippen LogP contribution < -0.4 is 0 Å². The molecule has 0 aromatic rings. The van der Waals surface area contributed by atoms with Gasteiger partial charge in [0.15, 0.2) is 0 Å². The summed E-state index contributed by atoms with van der Waals surface area (Å²) in [6.45, 7) is 7.02. The lowest BCUT2D eigenvalue weighted by Crippen LogP contribution is -2.45. The van der Waals surface area contributed by atoms with Crippen molar-refractivity contribution in [3.63, 3.8) is 0 Å². The highest BCUT2D eigenvalue weighted by atomic mass is 16.5. The van der Waals surface area contributed by atoms with E-state index in [0.29, 0.717) is 25.9 Å². The van der Waals surface area contributed by atoms with E-state index in [0.717, 1.165) is 5.71 Å². The van der Waals surface area contributed by atoms with Crippen molar-refractivity contribution >= 4 is 11.6 Å². The molecule has 1 aliphatic rings. The van der Waals surface area contributed by atoms with E-state index in [4.69, 9.17) is 9.94 Å². The molecule has 1 saturated heterocycles. The number of likely N-dealkylation sites (tertiary alicyclic amines) is 1. The summed E-state index contributed by atoms with van der Waals surface area (Å²) in [6.07, 6.45) is 1.03. The third-order valence-electron chi connectivity index (χ3n) is 3.31. The molecule has 0 aromatic carbocycles. The molecule has 1 fully saturated rings. The maximum absolute atomic E-state index is 12.1. The molecular weight excluding hydrogens is 220 g/mol. The Kier molecular flexibility index (Phi) is 4.51. The van der Waals surface area contributed by atoms with Crippen LogP contribution in [0.15, 0.2) is 5.16 Å². The second kappa shape index (κ2) is 5.49. The Labute approximate surface area is 102 Å². The predicted octanol–water partition coefficient (Wildman–Crippen LogP) is 1.50. The fraction of sp³-hybridized carbons (Fsp3) is 0.833. The molecule has 5 nitrogen and oxygen atoms in total. The van der Waals surface area contributed by atoms with Crippen LogP contribution in [-0.4, -0.2) is 47.5 Å². The van der Waals surface area contributed by atoms with Gasteiger partial charge in [0.1, 0.15) is 0 Å². The number of carbonyl (C=O) groups excluding carboxylic acids is 1. The third kappa shape index (κ3) is 3.70. The zero-order chi connectivity index (χ0) is 13.1. The number of hydrogen-bond donors (Lipinski definition) is 1. The minimum atomic E-state index is -0.425. The van der Waals surface area contributed by atoms with Crippen LogP contribution in [-0.2, 0) is 9.53 Å². The van der Waals surface area contributed by atoms with E-state index in [-0.39, 0.29) is 11.8 Å². The topological polar surface area (TPSA) is 62.1 Å². The van der Waals surface area contributed by atoms with Gasteiger partial charge in [0, 0.05) is 32.5 Å². The lowest BCUT2D eigenvalue weighted by molar-refractivity contribution is -0.137. The minimum absolute atomic E-state index is 0.0979. The van der Waals surface area contributed by atoms with Crippen LogP contribution in [0.2, 0.25) is 0 Å². The molecule has 1 aliphatic heterocycles. The number of nitrogens with zero attached hydrogens (tertiary/aromatic N) is 2. The van der Waals surface area contributed by atoms with E-state index in [9.17, 15) is 4.79 Å². The van der Waals surface area contributed by atoms with E-state index in [1.807, 2.05) is 25.7 Å². The van der Waals surface area contributed by atoms with Gasteiger partial charge in [0.25, 0.3) is 0 Å². The summed E-state index contributed by atoms with van der Waals surface area (Å²) in [4.78, 5) is 13.9. The highest BCUT2D eigenvalue weighted by molar-refractivity contribution is 5.89. The van der Waals surface area contributed by atoms with Crippen LogP contribution in [0.5, 0.6) is 0 Å². The number of rotatable bonds is 3. The lowest BCUT2D eigenvalue weighted by Gasteiger charge is -2.33. The SMILES string of the molecule is COC(C)(C)CC(=O)N1CCC(=NO)C(C)C1. The molecule has 1 atom stereocenters. The smallest absolute Gasteiger partial charge is 0.225 e. The molecule has 0 spiro atoms. The number of carbonyl (C=O) groups is 1. The van der Waals surface area contributed by atoms with Crippen molar-refractivity contribution in [3.05, 3.63) is 0 Å². The number of ether oxygens (including phenoxy) is 1. The Morgan fingerprint density at radius 1 is 1.65 bits per heavy atom. The van der Waals surface area contributed by atoms with E-state index in [1.54, 1.807) is 7.11 Å². The molecule has 0 bridgehead atoms.